The number of sulfone groups is 1. The molecule has 0 saturated carbocycles. The summed E-state index contributed by atoms with van der Waals surface area (Å²) in [6, 6.07) is 9.33. The average molecular weight is 414 g/mol. The van der Waals surface area contributed by atoms with Crippen molar-refractivity contribution in [2.45, 2.75) is 4.90 Å². The zero-order chi connectivity index (χ0) is 17.9. The molecule has 0 spiro atoms. The topological polar surface area (TPSA) is 81.7 Å². The van der Waals surface area contributed by atoms with E-state index in [2.05, 4.69) is 21.2 Å². The molecule has 0 atom stereocenters. The van der Waals surface area contributed by atoms with Crippen molar-refractivity contribution in [3.8, 4) is 11.5 Å². The van der Waals surface area contributed by atoms with E-state index in [0.717, 1.165) is 6.26 Å². The van der Waals surface area contributed by atoms with Crippen molar-refractivity contribution >= 4 is 37.4 Å². The Morgan fingerprint density at radius 3 is 2.12 bits per heavy atom. The van der Waals surface area contributed by atoms with Gasteiger partial charge in [-0.2, -0.15) is 0 Å². The van der Waals surface area contributed by atoms with E-state index in [1.165, 1.54) is 38.5 Å². The fraction of sp³-hybridized carbons (Fsp3) is 0.188. The van der Waals surface area contributed by atoms with Gasteiger partial charge >= 0.3 is 0 Å². The lowest BCUT2D eigenvalue weighted by molar-refractivity contribution is 0.102. The van der Waals surface area contributed by atoms with Crippen LogP contribution in [-0.2, 0) is 9.84 Å². The number of anilines is 1. The summed E-state index contributed by atoms with van der Waals surface area (Å²) < 4.78 is 34.7. The van der Waals surface area contributed by atoms with E-state index in [9.17, 15) is 13.2 Å². The monoisotopic (exact) mass is 413 g/mol. The SMILES string of the molecule is COc1cc(OC)cc(C(=O)Nc2ccc(Br)cc2S(C)(=O)=O)c1. The van der Waals surface area contributed by atoms with Gasteiger partial charge in [0.05, 0.1) is 24.8 Å². The molecule has 0 unspecified atom stereocenters. The fourth-order valence-corrected chi connectivity index (χ4v) is 3.41. The fourth-order valence-electron chi connectivity index (χ4n) is 2.04. The molecule has 0 aliphatic rings. The normalized spacial score (nSPS) is 11.0. The number of carbonyl (C=O) groups excluding carboxylic acids is 1. The number of amides is 1. The molecule has 0 aliphatic carbocycles. The Morgan fingerprint density at radius 1 is 1.04 bits per heavy atom. The lowest BCUT2D eigenvalue weighted by Gasteiger charge is -2.12. The number of hydrogen-bond acceptors (Lipinski definition) is 5. The third kappa shape index (κ3) is 4.27. The van der Waals surface area contributed by atoms with E-state index in [4.69, 9.17) is 9.47 Å². The number of nitrogens with one attached hydrogen (secondary N) is 1. The molecule has 0 aliphatic heterocycles. The predicted octanol–water partition coefficient (Wildman–Crippen LogP) is 3.12. The number of rotatable bonds is 5. The number of ether oxygens (including phenoxy) is 2. The van der Waals surface area contributed by atoms with Crippen LogP contribution >= 0.6 is 15.9 Å². The van der Waals surface area contributed by atoms with E-state index in [0.29, 0.717) is 16.0 Å². The summed E-state index contributed by atoms with van der Waals surface area (Å²) in [4.78, 5) is 12.5. The summed E-state index contributed by atoms with van der Waals surface area (Å²) in [6.07, 6.45) is 1.08. The molecule has 2 aromatic carbocycles. The lowest BCUT2D eigenvalue weighted by atomic mass is 10.2. The van der Waals surface area contributed by atoms with Gasteiger partial charge in [-0.25, -0.2) is 8.42 Å². The zero-order valence-corrected chi connectivity index (χ0v) is 15.7. The van der Waals surface area contributed by atoms with Gasteiger partial charge in [0, 0.05) is 22.4 Å². The molecule has 1 amide bonds. The van der Waals surface area contributed by atoms with E-state index < -0.39 is 15.7 Å². The van der Waals surface area contributed by atoms with Crippen LogP contribution in [0.25, 0.3) is 0 Å². The minimum absolute atomic E-state index is 0.0279. The molecule has 0 bridgehead atoms. The Balaban J connectivity index is 2.41. The molecule has 24 heavy (non-hydrogen) atoms. The van der Waals surface area contributed by atoms with Gasteiger partial charge in [-0.15, -0.1) is 0 Å². The van der Waals surface area contributed by atoms with E-state index in [-0.39, 0.29) is 16.1 Å². The van der Waals surface area contributed by atoms with Crippen LogP contribution in [0.1, 0.15) is 10.4 Å². The molecule has 2 rings (SSSR count). The van der Waals surface area contributed by atoms with Crippen LogP contribution in [0.2, 0.25) is 0 Å². The smallest absolute Gasteiger partial charge is 0.255 e. The number of methoxy groups -OCH3 is 2. The standard InChI is InChI=1S/C16H16BrNO5S/c1-22-12-6-10(7-13(9-12)23-2)16(19)18-14-5-4-11(17)8-15(14)24(3,20)21/h4-9H,1-3H3,(H,18,19). The predicted molar refractivity (Wildman–Crippen MR) is 94.8 cm³/mol. The second-order valence-corrected chi connectivity index (χ2v) is 7.87. The highest BCUT2D eigenvalue weighted by Crippen LogP contribution is 2.27. The summed E-state index contributed by atoms with van der Waals surface area (Å²) in [5.74, 6) is 0.441. The van der Waals surface area contributed by atoms with E-state index in [1.54, 1.807) is 12.1 Å². The zero-order valence-electron chi connectivity index (χ0n) is 13.3. The molecular weight excluding hydrogens is 398 g/mol. The third-order valence-electron chi connectivity index (χ3n) is 3.20. The molecule has 0 fully saturated rings. The van der Waals surface area contributed by atoms with Crippen molar-refractivity contribution in [2.24, 2.45) is 0 Å². The summed E-state index contributed by atoms with van der Waals surface area (Å²) in [6.45, 7) is 0. The Labute approximate surface area is 148 Å². The van der Waals surface area contributed by atoms with Crippen LogP contribution in [0.4, 0.5) is 5.69 Å². The maximum Gasteiger partial charge on any atom is 0.255 e. The van der Waals surface area contributed by atoms with E-state index >= 15 is 0 Å². The molecular formula is C16H16BrNO5S. The number of benzene rings is 2. The molecule has 0 radical (unpaired) electrons. The van der Waals surface area contributed by atoms with E-state index in [1.807, 2.05) is 0 Å². The highest BCUT2D eigenvalue weighted by Gasteiger charge is 2.17. The van der Waals surface area contributed by atoms with Gasteiger partial charge in [-0.1, -0.05) is 15.9 Å². The first-order valence-electron chi connectivity index (χ1n) is 6.78. The van der Waals surface area contributed by atoms with Crippen molar-refractivity contribution in [1.82, 2.24) is 0 Å². The van der Waals surface area contributed by atoms with Crippen LogP contribution in [0, 0.1) is 0 Å². The third-order valence-corrected chi connectivity index (χ3v) is 4.83. The van der Waals surface area contributed by atoms with Gasteiger partial charge in [-0.05, 0) is 30.3 Å². The van der Waals surface area contributed by atoms with Gasteiger partial charge in [0.25, 0.3) is 5.91 Å². The van der Waals surface area contributed by atoms with Crippen LogP contribution in [0.15, 0.2) is 45.8 Å². The number of halogens is 1. The van der Waals surface area contributed by atoms with Crippen molar-refractivity contribution in [2.75, 3.05) is 25.8 Å². The maximum absolute atomic E-state index is 12.5. The molecule has 0 saturated heterocycles. The molecule has 0 aromatic heterocycles. The lowest BCUT2D eigenvalue weighted by Crippen LogP contribution is -2.15. The quantitative estimate of drug-likeness (QED) is 0.813. The minimum atomic E-state index is -3.50. The first-order chi connectivity index (χ1) is 11.2. The van der Waals surface area contributed by atoms with Crippen LogP contribution in [0.5, 0.6) is 11.5 Å². The van der Waals surface area contributed by atoms with Gasteiger partial charge in [0.1, 0.15) is 11.5 Å². The summed E-state index contributed by atoms with van der Waals surface area (Å²) >= 11 is 3.23. The Bertz CT molecular complexity index is 858. The molecule has 0 heterocycles. The number of carbonyl (C=O) groups is 1. The Morgan fingerprint density at radius 2 is 1.62 bits per heavy atom. The molecule has 8 heteroatoms. The molecule has 1 N–H and O–H groups in total. The maximum atomic E-state index is 12.5. The average Bonchev–Trinajstić information content (AvgIpc) is 2.54. The number of hydrogen-bond donors (Lipinski definition) is 1. The van der Waals surface area contributed by atoms with Crippen molar-refractivity contribution in [1.29, 1.82) is 0 Å². The van der Waals surface area contributed by atoms with Gasteiger partial charge < -0.3 is 14.8 Å². The molecule has 128 valence electrons. The Hall–Kier alpha value is -2.06. The van der Waals surface area contributed by atoms with Crippen LogP contribution in [-0.4, -0.2) is 34.8 Å². The van der Waals surface area contributed by atoms with Crippen LogP contribution < -0.4 is 14.8 Å². The van der Waals surface area contributed by atoms with Crippen molar-refractivity contribution < 1.29 is 22.7 Å². The van der Waals surface area contributed by atoms with Crippen molar-refractivity contribution in [3.63, 3.8) is 0 Å². The highest BCUT2D eigenvalue weighted by atomic mass is 79.9. The first kappa shape index (κ1) is 18.3. The molecule has 2 aromatic rings. The minimum Gasteiger partial charge on any atom is -0.497 e. The van der Waals surface area contributed by atoms with Gasteiger partial charge in [-0.3, -0.25) is 4.79 Å². The molecule has 6 nitrogen and oxygen atoms in total. The largest absolute Gasteiger partial charge is 0.497 e. The summed E-state index contributed by atoms with van der Waals surface area (Å²) in [5, 5.41) is 2.61. The first-order valence-corrected chi connectivity index (χ1v) is 9.47. The van der Waals surface area contributed by atoms with Crippen molar-refractivity contribution in [3.05, 3.63) is 46.4 Å². The summed E-state index contributed by atoms with van der Waals surface area (Å²) in [7, 11) is -0.545. The van der Waals surface area contributed by atoms with Crippen LogP contribution in [0.3, 0.4) is 0 Å². The van der Waals surface area contributed by atoms with Gasteiger partial charge in [0.2, 0.25) is 0 Å². The second kappa shape index (κ2) is 7.23. The van der Waals surface area contributed by atoms with Gasteiger partial charge in [0.15, 0.2) is 9.84 Å². The second-order valence-electron chi connectivity index (χ2n) is 4.97. The Kier molecular flexibility index (Phi) is 5.51. The summed E-state index contributed by atoms with van der Waals surface area (Å²) in [5.41, 5.74) is 0.487. The highest BCUT2D eigenvalue weighted by molar-refractivity contribution is 9.10.